The average molecular weight is 445 g/mol. The van der Waals surface area contributed by atoms with Gasteiger partial charge in [0.25, 0.3) is 0 Å². The van der Waals surface area contributed by atoms with Gasteiger partial charge in [-0.25, -0.2) is 4.98 Å². The Bertz CT molecular complexity index is 1090. The first-order chi connectivity index (χ1) is 14.8. The highest BCUT2D eigenvalue weighted by Crippen LogP contribution is 2.67. The Morgan fingerprint density at radius 3 is 2.53 bits per heavy atom. The molecular formula is C16H16N10O2S2. The minimum atomic E-state index is -1.80. The highest BCUT2D eigenvalue weighted by Gasteiger charge is 2.38. The molecule has 0 amide bonds. The summed E-state index contributed by atoms with van der Waals surface area (Å²) in [6, 6.07) is 0. The van der Waals surface area contributed by atoms with Gasteiger partial charge >= 0.3 is 0 Å². The summed E-state index contributed by atoms with van der Waals surface area (Å²) in [5.74, 6) is 2.02. The number of aryl methyl sites for hydroxylation is 1. The molecule has 12 nitrogen and oxygen atoms in total. The Labute approximate surface area is 175 Å². The van der Waals surface area contributed by atoms with Crippen molar-refractivity contribution in [3.8, 4) is 0 Å². The van der Waals surface area contributed by atoms with Gasteiger partial charge in [0, 0.05) is 45.4 Å². The fraction of sp³-hybridized carbons (Fsp3) is 0.312. The van der Waals surface area contributed by atoms with E-state index >= 15 is 0 Å². The molecule has 0 saturated carbocycles. The van der Waals surface area contributed by atoms with E-state index in [1.165, 1.54) is 11.5 Å². The van der Waals surface area contributed by atoms with E-state index in [4.69, 9.17) is 13.6 Å². The summed E-state index contributed by atoms with van der Waals surface area (Å²) in [6.45, 7) is 0. The molecule has 1 aliphatic heterocycles. The van der Waals surface area contributed by atoms with Crippen LogP contribution in [-0.2, 0) is 24.3 Å². The lowest BCUT2D eigenvalue weighted by atomic mass is 10.2. The topological polar surface area (TPSA) is 157 Å². The molecule has 0 aliphatic carbocycles. The van der Waals surface area contributed by atoms with Crippen LogP contribution in [0.4, 0.5) is 0 Å². The Morgan fingerprint density at radius 2 is 1.83 bits per heavy atom. The molecule has 30 heavy (non-hydrogen) atoms. The van der Waals surface area contributed by atoms with Crippen LogP contribution in [0.1, 0.15) is 29.3 Å². The largest absolute Gasteiger partial charge is 0.348 e. The summed E-state index contributed by atoms with van der Waals surface area (Å²) >= 11 is 1.32. The number of allylic oxidation sites excluding steroid dienone is 2. The molecule has 1 unspecified atom stereocenters. The lowest BCUT2D eigenvalue weighted by Crippen LogP contribution is -2.09. The standard InChI is InChI=1S/C16H16N10O2S2/c1(11-6-27-23-19-11)2-15-14(5-12-8-29-25-21-12)22-26-30(15,9-13-7-28-24-20-13)10-16-17-3-4-18-16/h3-4,6-8H,1-2,5,9-10H2,(H,17,18). The molecule has 14 heteroatoms. The maximum atomic E-state index is 4.96. The Hall–Kier alpha value is -3.26. The summed E-state index contributed by atoms with van der Waals surface area (Å²) in [6.07, 6.45) is 8.57. The zero-order valence-corrected chi connectivity index (χ0v) is 17.2. The second-order valence-corrected chi connectivity index (χ2v) is 10.1. The van der Waals surface area contributed by atoms with E-state index in [-0.39, 0.29) is 0 Å². The summed E-state index contributed by atoms with van der Waals surface area (Å²) in [7, 11) is -1.80. The number of aromatic nitrogens is 8. The molecule has 5 rings (SSSR count). The fourth-order valence-electron chi connectivity index (χ4n) is 3.26. The summed E-state index contributed by atoms with van der Waals surface area (Å²) in [4.78, 5) is 8.76. The molecule has 0 radical (unpaired) electrons. The third kappa shape index (κ3) is 3.91. The van der Waals surface area contributed by atoms with Gasteiger partial charge in [-0.3, -0.25) is 0 Å². The Balaban J connectivity index is 1.52. The van der Waals surface area contributed by atoms with Crippen LogP contribution in [0.2, 0.25) is 0 Å². The normalized spacial score (nSPS) is 20.7. The van der Waals surface area contributed by atoms with Crippen molar-refractivity contribution < 1.29 is 9.05 Å². The predicted octanol–water partition coefficient (Wildman–Crippen LogP) is 3.00. The van der Waals surface area contributed by atoms with Crippen LogP contribution in [0.15, 0.2) is 59.6 Å². The highest BCUT2D eigenvalue weighted by atomic mass is 32.3. The zero-order valence-electron chi connectivity index (χ0n) is 15.6. The molecule has 0 spiro atoms. The monoisotopic (exact) mass is 444 g/mol. The molecule has 5 heterocycles. The van der Waals surface area contributed by atoms with E-state index in [0.29, 0.717) is 30.8 Å². The second-order valence-electron chi connectivity index (χ2n) is 6.58. The second kappa shape index (κ2) is 8.23. The molecule has 1 aliphatic rings. The van der Waals surface area contributed by atoms with Gasteiger partial charge < -0.3 is 14.0 Å². The van der Waals surface area contributed by atoms with Crippen molar-refractivity contribution in [2.75, 3.05) is 0 Å². The molecule has 0 fully saturated rings. The van der Waals surface area contributed by atoms with E-state index in [1.54, 1.807) is 24.9 Å². The van der Waals surface area contributed by atoms with Gasteiger partial charge in [0.1, 0.15) is 29.7 Å². The van der Waals surface area contributed by atoms with Gasteiger partial charge in [-0.1, -0.05) is 14.7 Å². The van der Waals surface area contributed by atoms with Gasteiger partial charge in [-0.2, -0.15) is 0 Å². The maximum absolute atomic E-state index is 4.96. The third-order valence-corrected chi connectivity index (χ3v) is 8.42. The van der Waals surface area contributed by atoms with Crippen molar-refractivity contribution in [1.82, 2.24) is 40.3 Å². The maximum Gasteiger partial charge on any atom is 0.148 e. The Morgan fingerprint density at radius 1 is 0.967 bits per heavy atom. The van der Waals surface area contributed by atoms with Crippen LogP contribution >= 0.6 is 21.7 Å². The van der Waals surface area contributed by atoms with E-state index in [0.717, 1.165) is 33.5 Å². The quantitative estimate of drug-likeness (QED) is 0.409. The van der Waals surface area contributed by atoms with Crippen molar-refractivity contribution in [3.63, 3.8) is 0 Å². The molecule has 0 saturated heterocycles. The highest BCUT2D eigenvalue weighted by molar-refractivity contribution is 8.34. The molecule has 154 valence electrons. The lowest BCUT2D eigenvalue weighted by Gasteiger charge is -2.32. The molecular weight excluding hydrogens is 428 g/mol. The van der Waals surface area contributed by atoms with Crippen molar-refractivity contribution in [1.29, 1.82) is 0 Å². The van der Waals surface area contributed by atoms with E-state index in [2.05, 4.69) is 45.4 Å². The number of aromatic amines is 1. The molecule has 0 bridgehead atoms. The van der Waals surface area contributed by atoms with Gasteiger partial charge in [-0.15, -0.1) is 24.9 Å². The number of rotatable bonds is 9. The summed E-state index contributed by atoms with van der Waals surface area (Å²) < 4.78 is 18.6. The minimum Gasteiger partial charge on any atom is -0.348 e. The van der Waals surface area contributed by atoms with Crippen molar-refractivity contribution in [2.45, 2.75) is 30.8 Å². The molecule has 1 atom stereocenters. The van der Waals surface area contributed by atoms with Crippen molar-refractivity contribution >= 4 is 21.7 Å². The fourth-order valence-corrected chi connectivity index (χ4v) is 6.89. The summed E-state index contributed by atoms with van der Waals surface area (Å²) in [5.41, 5.74) is 3.27. The minimum absolute atomic E-state index is 0.561. The predicted molar refractivity (Wildman–Crippen MR) is 106 cm³/mol. The van der Waals surface area contributed by atoms with Crippen molar-refractivity contribution in [2.24, 2.45) is 9.63 Å². The van der Waals surface area contributed by atoms with Gasteiger partial charge in [0.2, 0.25) is 0 Å². The number of imidazole rings is 1. The van der Waals surface area contributed by atoms with Crippen LogP contribution in [0.5, 0.6) is 0 Å². The van der Waals surface area contributed by atoms with Crippen LogP contribution in [0, 0.1) is 0 Å². The zero-order chi connectivity index (χ0) is 20.2. The average Bonchev–Trinajstić information content (AvgIpc) is 3.56. The first kappa shape index (κ1) is 18.7. The lowest BCUT2D eigenvalue weighted by molar-refractivity contribution is 0.392. The Kier molecular flexibility index (Phi) is 5.15. The molecule has 4 aromatic rings. The first-order valence-electron chi connectivity index (χ1n) is 9.00. The van der Waals surface area contributed by atoms with E-state index in [1.807, 2.05) is 5.38 Å². The van der Waals surface area contributed by atoms with Crippen LogP contribution in [-0.4, -0.2) is 40.3 Å². The van der Waals surface area contributed by atoms with Crippen molar-refractivity contribution in [3.05, 3.63) is 63.8 Å². The number of nitrogens with zero attached hydrogens (tertiary/aromatic N) is 9. The molecule has 1 N–H and O–H groups in total. The van der Waals surface area contributed by atoms with Gasteiger partial charge in [0.05, 0.1) is 17.1 Å². The van der Waals surface area contributed by atoms with Crippen LogP contribution < -0.4 is 0 Å². The van der Waals surface area contributed by atoms with Gasteiger partial charge in [0.15, 0.2) is 0 Å². The smallest absolute Gasteiger partial charge is 0.148 e. The SMILES string of the molecule is c1c[nH]c(CS2(Cc3conn3)N=NC(Cc3csnn3)=C2CCc2conn2)n1. The third-order valence-electron chi connectivity index (χ3n) is 4.59. The van der Waals surface area contributed by atoms with E-state index in [9.17, 15) is 0 Å². The summed E-state index contributed by atoms with van der Waals surface area (Å²) in [5, 5.41) is 26.0. The number of H-pyrrole nitrogens is 1. The number of nitrogens with one attached hydrogen (secondary N) is 1. The first-order valence-corrected chi connectivity index (χ1v) is 11.8. The molecule has 4 aromatic heterocycles. The van der Waals surface area contributed by atoms with Crippen LogP contribution in [0.3, 0.4) is 0 Å². The number of hydrogen-bond donors (Lipinski definition) is 1. The molecule has 0 aromatic carbocycles. The van der Waals surface area contributed by atoms with E-state index < -0.39 is 10.2 Å². The van der Waals surface area contributed by atoms with Gasteiger partial charge in [-0.05, 0) is 24.4 Å². The number of hydrogen-bond acceptors (Lipinski definition) is 12. The van der Waals surface area contributed by atoms with Crippen LogP contribution in [0.25, 0.3) is 0 Å².